The lowest BCUT2D eigenvalue weighted by atomic mass is 9.77. The van der Waals surface area contributed by atoms with Crippen LogP contribution in [0.5, 0.6) is 5.75 Å². The van der Waals surface area contributed by atoms with Gasteiger partial charge in [0.2, 0.25) is 0 Å². The number of aromatic amines is 1. The number of H-pyrrole nitrogens is 1. The monoisotopic (exact) mass is 315 g/mol. The Bertz CT molecular complexity index is 670. The molecule has 1 aromatic heterocycles. The third kappa shape index (κ3) is 2.75. The molecular formula is C16H22BN3O3. The first kappa shape index (κ1) is 16.0. The summed E-state index contributed by atoms with van der Waals surface area (Å²) in [7, 11) is -0.475. The number of ether oxygens (including phenoxy) is 1. The van der Waals surface area contributed by atoms with Crippen molar-refractivity contribution in [3.8, 4) is 17.0 Å². The minimum atomic E-state index is -0.475. The lowest BCUT2D eigenvalue weighted by Crippen LogP contribution is -2.41. The van der Waals surface area contributed by atoms with Crippen molar-refractivity contribution in [2.45, 2.75) is 45.8 Å². The van der Waals surface area contributed by atoms with Gasteiger partial charge in [-0.3, -0.25) is 5.10 Å². The second-order valence-corrected chi connectivity index (χ2v) is 6.62. The molecule has 1 fully saturated rings. The Kier molecular flexibility index (Phi) is 3.94. The summed E-state index contributed by atoms with van der Waals surface area (Å²) in [5.41, 5.74) is 1.77. The molecule has 6 nitrogen and oxygen atoms in total. The van der Waals surface area contributed by atoms with Crippen molar-refractivity contribution in [1.29, 1.82) is 0 Å². The fraction of sp³-hybridized carbons (Fsp3) is 0.500. The van der Waals surface area contributed by atoms with Crippen LogP contribution in [-0.2, 0) is 9.31 Å². The highest BCUT2D eigenvalue weighted by atomic mass is 16.7. The molecule has 1 N–H and O–H groups in total. The van der Waals surface area contributed by atoms with E-state index in [2.05, 4.69) is 15.4 Å². The smallest absolute Gasteiger partial charge is 0.494 e. The highest BCUT2D eigenvalue weighted by Gasteiger charge is 2.52. The molecule has 7 heteroatoms. The minimum Gasteiger partial charge on any atom is -0.494 e. The number of hydrogen-bond donors (Lipinski definition) is 1. The zero-order chi connectivity index (χ0) is 16.7. The highest BCUT2D eigenvalue weighted by Crippen LogP contribution is 2.38. The molecule has 23 heavy (non-hydrogen) atoms. The Hall–Kier alpha value is -1.86. The average Bonchev–Trinajstić information content (AvgIpc) is 3.06. The van der Waals surface area contributed by atoms with Crippen molar-refractivity contribution < 1.29 is 14.0 Å². The summed E-state index contributed by atoms with van der Waals surface area (Å²) in [4.78, 5) is 0. The Morgan fingerprint density at radius 3 is 2.43 bits per heavy atom. The first-order chi connectivity index (χ1) is 10.9. The van der Waals surface area contributed by atoms with Crippen LogP contribution in [0.3, 0.4) is 0 Å². The predicted octanol–water partition coefficient (Wildman–Crippen LogP) is 2.17. The summed E-state index contributed by atoms with van der Waals surface area (Å²) in [6.45, 7) is 10.7. The van der Waals surface area contributed by atoms with Gasteiger partial charge in [-0.1, -0.05) is 17.3 Å². The van der Waals surface area contributed by atoms with Crippen LogP contribution in [-0.4, -0.2) is 40.3 Å². The van der Waals surface area contributed by atoms with Crippen LogP contribution in [0.1, 0.15) is 34.6 Å². The van der Waals surface area contributed by atoms with Crippen molar-refractivity contribution in [2.75, 3.05) is 6.61 Å². The fourth-order valence-corrected chi connectivity index (χ4v) is 2.56. The third-order valence-corrected chi connectivity index (χ3v) is 4.55. The number of nitrogens with zero attached hydrogens (tertiary/aromatic N) is 2. The van der Waals surface area contributed by atoms with Gasteiger partial charge in [0, 0.05) is 11.0 Å². The molecule has 1 aliphatic heterocycles. The van der Waals surface area contributed by atoms with E-state index in [9.17, 15) is 0 Å². The minimum absolute atomic E-state index is 0.396. The van der Waals surface area contributed by atoms with Gasteiger partial charge in [-0.05, 0) is 40.7 Å². The SMILES string of the molecule is CCOc1c(B2OC(C)(C)C(C)(C)O2)cccc1-c1cnn[nH]1. The van der Waals surface area contributed by atoms with Gasteiger partial charge in [-0.15, -0.1) is 5.10 Å². The van der Waals surface area contributed by atoms with Crippen LogP contribution in [0.15, 0.2) is 24.4 Å². The van der Waals surface area contributed by atoms with Crippen molar-refractivity contribution >= 4 is 12.6 Å². The van der Waals surface area contributed by atoms with E-state index in [-0.39, 0.29) is 0 Å². The molecule has 3 rings (SSSR count). The zero-order valence-electron chi connectivity index (χ0n) is 14.2. The van der Waals surface area contributed by atoms with E-state index >= 15 is 0 Å². The number of rotatable bonds is 4. The summed E-state index contributed by atoms with van der Waals surface area (Å²) < 4.78 is 18.2. The van der Waals surface area contributed by atoms with Gasteiger partial charge in [0.25, 0.3) is 0 Å². The maximum absolute atomic E-state index is 6.17. The van der Waals surface area contributed by atoms with Crippen LogP contribution in [0.25, 0.3) is 11.3 Å². The van der Waals surface area contributed by atoms with Gasteiger partial charge in [0.1, 0.15) is 5.75 Å². The average molecular weight is 315 g/mol. The molecule has 1 aromatic carbocycles. The van der Waals surface area contributed by atoms with Crippen molar-refractivity contribution in [3.05, 3.63) is 24.4 Å². The van der Waals surface area contributed by atoms with E-state index < -0.39 is 18.3 Å². The van der Waals surface area contributed by atoms with Gasteiger partial charge in [0.15, 0.2) is 0 Å². The van der Waals surface area contributed by atoms with Gasteiger partial charge < -0.3 is 14.0 Å². The molecule has 2 aromatic rings. The summed E-state index contributed by atoms with van der Waals surface area (Å²) in [5.74, 6) is 0.736. The Balaban J connectivity index is 2.05. The molecule has 0 unspecified atom stereocenters. The number of hydrogen-bond acceptors (Lipinski definition) is 5. The molecule has 0 amide bonds. The second-order valence-electron chi connectivity index (χ2n) is 6.62. The summed E-state index contributed by atoms with van der Waals surface area (Å²) in [6.07, 6.45) is 1.67. The molecule has 0 spiro atoms. The summed E-state index contributed by atoms with van der Waals surface area (Å²) in [6, 6.07) is 5.90. The Labute approximate surface area is 136 Å². The number of aromatic nitrogens is 3. The van der Waals surface area contributed by atoms with Crippen molar-refractivity contribution in [1.82, 2.24) is 15.4 Å². The van der Waals surface area contributed by atoms with E-state index in [0.717, 1.165) is 22.5 Å². The van der Waals surface area contributed by atoms with Gasteiger partial charge >= 0.3 is 7.12 Å². The maximum Gasteiger partial charge on any atom is 0.498 e. The fourth-order valence-electron chi connectivity index (χ4n) is 2.56. The molecule has 0 radical (unpaired) electrons. The van der Waals surface area contributed by atoms with E-state index in [1.54, 1.807) is 6.20 Å². The molecule has 0 bridgehead atoms. The molecule has 1 saturated heterocycles. The van der Waals surface area contributed by atoms with Crippen molar-refractivity contribution in [2.24, 2.45) is 0 Å². The molecule has 2 heterocycles. The van der Waals surface area contributed by atoms with Gasteiger partial charge in [-0.2, -0.15) is 0 Å². The lowest BCUT2D eigenvalue weighted by molar-refractivity contribution is 0.00578. The van der Waals surface area contributed by atoms with Crippen LogP contribution in [0.2, 0.25) is 0 Å². The molecule has 0 aliphatic carbocycles. The molecule has 0 atom stereocenters. The van der Waals surface area contributed by atoms with E-state index in [1.165, 1.54) is 0 Å². The first-order valence-electron chi connectivity index (χ1n) is 7.83. The third-order valence-electron chi connectivity index (χ3n) is 4.55. The Morgan fingerprint density at radius 2 is 1.87 bits per heavy atom. The summed E-state index contributed by atoms with van der Waals surface area (Å²) >= 11 is 0. The van der Waals surface area contributed by atoms with E-state index in [1.807, 2.05) is 52.8 Å². The first-order valence-corrected chi connectivity index (χ1v) is 7.83. The van der Waals surface area contributed by atoms with E-state index in [4.69, 9.17) is 14.0 Å². The number of para-hydroxylation sites is 1. The van der Waals surface area contributed by atoms with Crippen LogP contribution in [0, 0.1) is 0 Å². The predicted molar refractivity (Wildman–Crippen MR) is 88.7 cm³/mol. The maximum atomic E-state index is 6.17. The number of benzene rings is 1. The number of nitrogens with one attached hydrogen (secondary N) is 1. The summed E-state index contributed by atoms with van der Waals surface area (Å²) in [5, 5.41) is 10.5. The van der Waals surface area contributed by atoms with Crippen LogP contribution in [0.4, 0.5) is 0 Å². The lowest BCUT2D eigenvalue weighted by Gasteiger charge is -2.32. The standard InChI is InChI=1S/C16H22BN3O3/c1-6-21-14-11(13-10-18-20-19-13)8-7-9-12(14)17-22-15(2,3)16(4,5)23-17/h7-10H,6H2,1-5H3,(H,18,19,20). The highest BCUT2D eigenvalue weighted by molar-refractivity contribution is 6.63. The molecule has 122 valence electrons. The van der Waals surface area contributed by atoms with Gasteiger partial charge in [-0.25, -0.2) is 0 Å². The quantitative estimate of drug-likeness (QED) is 0.876. The second kappa shape index (κ2) is 5.65. The van der Waals surface area contributed by atoms with Crippen molar-refractivity contribution in [3.63, 3.8) is 0 Å². The Morgan fingerprint density at radius 1 is 1.17 bits per heavy atom. The molecular weight excluding hydrogens is 293 g/mol. The zero-order valence-corrected chi connectivity index (χ0v) is 14.2. The topological polar surface area (TPSA) is 69.3 Å². The normalized spacial score (nSPS) is 19.1. The van der Waals surface area contributed by atoms with E-state index in [0.29, 0.717) is 6.61 Å². The largest absolute Gasteiger partial charge is 0.498 e. The molecule has 0 saturated carbocycles. The molecule has 1 aliphatic rings. The van der Waals surface area contributed by atoms with Gasteiger partial charge in [0.05, 0.1) is 29.7 Å². The van der Waals surface area contributed by atoms with Crippen LogP contribution < -0.4 is 10.2 Å². The van der Waals surface area contributed by atoms with Crippen LogP contribution >= 0.6 is 0 Å².